The second-order valence-corrected chi connectivity index (χ2v) is 5.49. The molecule has 0 spiro atoms. The van der Waals surface area contributed by atoms with Crippen molar-refractivity contribution in [1.29, 1.82) is 0 Å². The summed E-state index contributed by atoms with van der Waals surface area (Å²) in [4.78, 5) is 18.1. The lowest BCUT2D eigenvalue weighted by Crippen LogP contribution is -2.39. The van der Waals surface area contributed by atoms with Crippen LogP contribution in [0.4, 0.5) is 10.1 Å². The molecule has 0 aromatic heterocycles. The first-order valence-electron chi connectivity index (χ1n) is 8.03. The molecule has 1 fully saturated rings. The molecular weight excluding hydrogens is 313 g/mol. The molecular formula is C16H24FN5O2. The number of amides is 1. The smallest absolute Gasteiger partial charge is 0.246 e. The second-order valence-electron chi connectivity index (χ2n) is 5.49. The number of carbonyl (C=O) groups excluding carboxylic acids is 1. The highest BCUT2D eigenvalue weighted by Crippen LogP contribution is 2.07. The summed E-state index contributed by atoms with van der Waals surface area (Å²) in [5, 5.41) is 5.61. The molecule has 1 aliphatic heterocycles. The summed E-state index contributed by atoms with van der Waals surface area (Å²) in [6.07, 6.45) is 0.942. The van der Waals surface area contributed by atoms with Crippen molar-refractivity contribution in [3.8, 4) is 0 Å². The van der Waals surface area contributed by atoms with Gasteiger partial charge in [0.1, 0.15) is 12.4 Å². The third-order valence-corrected chi connectivity index (χ3v) is 3.58. The van der Waals surface area contributed by atoms with E-state index in [2.05, 4.69) is 20.5 Å². The first kappa shape index (κ1) is 18.2. The zero-order valence-electron chi connectivity index (χ0n) is 13.6. The van der Waals surface area contributed by atoms with E-state index in [1.165, 1.54) is 24.3 Å². The van der Waals surface area contributed by atoms with Gasteiger partial charge in [-0.25, -0.2) is 9.38 Å². The van der Waals surface area contributed by atoms with Gasteiger partial charge < -0.3 is 21.1 Å². The Bertz CT molecular complexity index is 544. The van der Waals surface area contributed by atoms with Gasteiger partial charge in [-0.15, -0.1) is 0 Å². The molecule has 1 amide bonds. The van der Waals surface area contributed by atoms with E-state index in [9.17, 15) is 9.18 Å². The van der Waals surface area contributed by atoms with Crippen molar-refractivity contribution in [2.75, 3.05) is 51.3 Å². The highest BCUT2D eigenvalue weighted by atomic mass is 19.1. The minimum absolute atomic E-state index is 0.0837. The van der Waals surface area contributed by atoms with E-state index in [0.29, 0.717) is 12.2 Å². The predicted octanol–water partition coefficient (Wildman–Crippen LogP) is 0.391. The maximum atomic E-state index is 12.8. The van der Waals surface area contributed by atoms with Crippen LogP contribution in [-0.4, -0.2) is 62.7 Å². The Hall–Kier alpha value is -2.19. The fourth-order valence-electron chi connectivity index (χ4n) is 2.29. The van der Waals surface area contributed by atoms with Gasteiger partial charge in [0.25, 0.3) is 0 Å². The SMILES string of the molecule is NC(=NCC(=O)Nc1ccc(F)cc1)NCCCN1CCOCC1. The van der Waals surface area contributed by atoms with Crippen molar-refractivity contribution in [2.45, 2.75) is 6.42 Å². The summed E-state index contributed by atoms with van der Waals surface area (Å²) in [5.41, 5.74) is 6.25. The minimum Gasteiger partial charge on any atom is -0.379 e. The molecule has 1 aliphatic rings. The number of ether oxygens (including phenoxy) is 1. The van der Waals surface area contributed by atoms with E-state index in [1.807, 2.05) is 0 Å². The van der Waals surface area contributed by atoms with Crippen LogP contribution in [0.3, 0.4) is 0 Å². The summed E-state index contributed by atoms with van der Waals surface area (Å²) < 4.78 is 18.1. The van der Waals surface area contributed by atoms with Crippen LogP contribution in [0.2, 0.25) is 0 Å². The molecule has 1 saturated heterocycles. The summed E-state index contributed by atoms with van der Waals surface area (Å²) >= 11 is 0. The molecule has 1 aromatic carbocycles. The second kappa shape index (κ2) is 9.84. The minimum atomic E-state index is -0.350. The molecule has 7 nitrogen and oxygen atoms in total. The van der Waals surface area contributed by atoms with Gasteiger partial charge in [-0.3, -0.25) is 9.69 Å². The number of hydrogen-bond acceptors (Lipinski definition) is 4. The number of guanidine groups is 1. The molecule has 0 saturated carbocycles. The Labute approximate surface area is 141 Å². The number of aliphatic imine (C=N–C) groups is 1. The lowest BCUT2D eigenvalue weighted by molar-refractivity contribution is -0.114. The van der Waals surface area contributed by atoms with Gasteiger partial charge in [0.15, 0.2) is 5.96 Å². The van der Waals surface area contributed by atoms with Gasteiger partial charge in [-0.2, -0.15) is 0 Å². The maximum absolute atomic E-state index is 12.8. The monoisotopic (exact) mass is 337 g/mol. The molecule has 0 bridgehead atoms. The molecule has 0 atom stereocenters. The van der Waals surface area contributed by atoms with Crippen molar-refractivity contribution in [3.63, 3.8) is 0 Å². The average molecular weight is 337 g/mol. The van der Waals surface area contributed by atoms with Gasteiger partial charge in [-0.1, -0.05) is 0 Å². The lowest BCUT2D eigenvalue weighted by atomic mass is 10.3. The normalized spacial score (nSPS) is 16.0. The first-order valence-corrected chi connectivity index (χ1v) is 8.03. The van der Waals surface area contributed by atoms with E-state index in [0.717, 1.165) is 39.3 Å². The zero-order valence-corrected chi connectivity index (χ0v) is 13.6. The molecule has 0 aliphatic carbocycles. The van der Waals surface area contributed by atoms with E-state index in [-0.39, 0.29) is 24.2 Å². The summed E-state index contributed by atoms with van der Waals surface area (Å²) in [6.45, 7) is 5.11. The molecule has 0 unspecified atom stereocenters. The van der Waals surface area contributed by atoms with Crippen LogP contribution in [0.15, 0.2) is 29.3 Å². The number of halogens is 1. The van der Waals surface area contributed by atoms with E-state index >= 15 is 0 Å². The van der Waals surface area contributed by atoms with Crippen molar-refractivity contribution in [3.05, 3.63) is 30.1 Å². The Kier molecular flexibility index (Phi) is 7.44. The molecule has 24 heavy (non-hydrogen) atoms. The Balaban J connectivity index is 1.60. The van der Waals surface area contributed by atoms with Crippen LogP contribution in [0.5, 0.6) is 0 Å². The maximum Gasteiger partial charge on any atom is 0.246 e. The molecule has 1 heterocycles. The number of rotatable bonds is 7. The first-order chi connectivity index (χ1) is 11.6. The number of benzene rings is 1. The van der Waals surface area contributed by atoms with E-state index in [4.69, 9.17) is 10.5 Å². The van der Waals surface area contributed by atoms with Gasteiger partial charge in [-0.05, 0) is 37.2 Å². The number of nitrogens with two attached hydrogens (primary N) is 1. The van der Waals surface area contributed by atoms with Crippen LogP contribution in [0, 0.1) is 5.82 Å². The summed E-state index contributed by atoms with van der Waals surface area (Å²) in [7, 11) is 0. The van der Waals surface area contributed by atoms with Crippen LogP contribution in [0.1, 0.15) is 6.42 Å². The van der Waals surface area contributed by atoms with Crippen molar-refractivity contribution >= 4 is 17.6 Å². The molecule has 1 aromatic rings. The Morgan fingerprint density at radius 1 is 1.29 bits per heavy atom. The fourth-order valence-corrected chi connectivity index (χ4v) is 2.29. The average Bonchev–Trinajstić information content (AvgIpc) is 2.60. The van der Waals surface area contributed by atoms with Crippen LogP contribution in [-0.2, 0) is 9.53 Å². The lowest BCUT2D eigenvalue weighted by Gasteiger charge is -2.26. The summed E-state index contributed by atoms with van der Waals surface area (Å²) in [6, 6.07) is 5.54. The highest BCUT2D eigenvalue weighted by molar-refractivity contribution is 5.93. The topological polar surface area (TPSA) is 92.0 Å². The fraction of sp³-hybridized carbons (Fsp3) is 0.500. The third kappa shape index (κ3) is 6.93. The number of hydrogen-bond donors (Lipinski definition) is 3. The van der Waals surface area contributed by atoms with E-state index in [1.54, 1.807) is 0 Å². The summed E-state index contributed by atoms with van der Waals surface area (Å²) in [5.74, 6) is -0.414. The Morgan fingerprint density at radius 2 is 2.00 bits per heavy atom. The molecule has 8 heteroatoms. The van der Waals surface area contributed by atoms with Gasteiger partial charge in [0.2, 0.25) is 5.91 Å². The van der Waals surface area contributed by atoms with Crippen LogP contribution in [0.25, 0.3) is 0 Å². The van der Waals surface area contributed by atoms with Gasteiger partial charge >= 0.3 is 0 Å². The molecule has 0 radical (unpaired) electrons. The highest BCUT2D eigenvalue weighted by Gasteiger charge is 2.09. The molecule has 4 N–H and O–H groups in total. The zero-order chi connectivity index (χ0) is 17.2. The van der Waals surface area contributed by atoms with Crippen molar-refractivity contribution < 1.29 is 13.9 Å². The van der Waals surface area contributed by atoms with Crippen LogP contribution >= 0.6 is 0 Å². The van der Waals surface area contributed by atoms with Crippen molar-refractivity contribution in [1.82, 2.24) is 10.2 Å². The number of morpholine rings is 1. The quantitative estimate of drug-likeness (QED) is 0.380. The number of nitrogens with one attached hydrogen (secondary N) is 2. The number of anilines is 1. The van der Waals surface area contributed by atoms with Crippen LogP contribution < -0.4 is 16.4 Å². The largest absolute Gasteiger partial charge is 0.379 e. The third-order valence-electron chi connectivity index (χ3n) is 3.58. The predicted molar refractivity (Wildman–Crippen MR) is 91.4 cm³/mol. The number of nitrogens with zero attached hydrogens (tertiary/aromatic N) is 2. The van der Waals surface area contributed by atoms with Gasteiger partial charge in [0.05, 0.1) is 13.2 Å². The van der Waals surface area contributed by atoms with Crippen molar-refractivity contribution in [2.24, 2.45) is 10.7 Å². The van der Waals surface area contributed by atoms with Gasteiger partial charge in [0, 0.05) is 25.3 Å². The molecule has 2 rings (SSSR count). The molecule has 132 valence electrons. The number of carbonyl (C=O) groups is 1. The standard InChI is InChI=1S/C16H24FN5O2/c17-13-2-4-14(5-3-13)21-15(23)12-20-16(18)19-6-1-7-22-8-10-24-11-9-22/h2-5H,1,6-12H2,(H,21,23)(H3,18,19,20). The Morgan fingerprint density at radius 3 is 2.71 bits per heavy atom. The van der Waals surface area contributed by atoms with E-state index < -0.39 is 0 Å².